The molecule has 0 aliphatic carbocycles. The first-order chi connectivity index (χ1) is 9.20. The summed E-state index contributed by atoms with van der Waals surface area (Å²) in [6.07, 6.45) is 1.75. The number of halogens is 1. The van der Waals surface area contributed by atoms with Crippen LogP contribution in [0, 0.1) is 11.3 Å². The molecule has 1 aromatic carbocycles. The Morgan fingerprint density at radius 2 is 2.16 bits per heavy atom. The second kappa shape index (κ2) is 6.07. The van der Waals surface area contributed by atoms with Crippen LogP contribution in [-0.2, 0) is 6.54 Å². The minimum atomic E-state index is -0.0258. The van der Waals surface area contributed by atoms with E-state index in [4.69, 9.17) is 16.9 Å². The van der Waals surface area contributed by atoms with Crippen molar-refractivity contribution in [1.82, 2.24) is 4.57 Å². The maximum absolute atomic E-state index is 11.5. The first kappa shape index (κ1) is 13.2. The fourth-order valence-electron chi connectivity index (χ4n) is 1.68. The Morgan fingerprint density at radius 1 is 1.32 bits per heavy atom. The molecule has 0 radical (unpaired) electrons. The van der Waals surface area contributed by atoms with Crippen molar-refractivity contribution in [3.05, 3.63) is 63.5 Å². The molecule has 2 rings (SSSR count). The van der Waals surface area contributed by atoms with Crippen LogP contribution in [0.4, 0.5) is 5.69 Å². The molecule has 4 nitrogen and oxygen atoms in total. The molecule has 0 spiro atoms. The summed E-state index contributed by atoms with van der Waals surface area (Å²) in [7, 11) is 0. The van der Waals surface area contributed by atoms with E-state index in [1.807, 2.05) is 12.1 Å². The number of aromatic nitrogens is 1. The van der Waals surface area contributed by atoms with Crippen LogP contribution in [0.5, 0.6) is 0 Å². The van der Waals surface area contributed by atoms with Crippen molar-refractivity contribution in [2.45, 2.75) is 6.54 Å². The van der Waals surface area contributed by atoms with E-state index in [0.717, 1.165) is 5.69 Å². The third-order valence-corrected chi connectivity index (χ3v) is 2.98. The van der Waals surface area contributed by atoms with Crippen LogP contribution in [-0.4, -0.2) is 11.1 Å². The molecule has 0 amide bonds. The first-order valence-corrected chi connectivity index (χ1v) is 6.17. The molecule has 0 fully saturated rings. The van der Waals surface area contributed by atoms with E-state index in [9.17, 15) is 4.79 Å². The molecule has 0 aliphatic heterocycles. The predicted octanol–water partition coefficient (Wildman–Crippen LogP) is 2.49. The maximum atomic E-state index is 11.5. The lowest BCUT2D eigenvalue weighted by Crippen LogP contribution is -2.21. The SMILES string of the molecule is N#Cc1ccc(NCCn2ccccc2=O)cc1Cl. The highest BCUT2D eigenvalue weighted by molar-refractivity contribution is 6.32. The van der Waals surface area contributed by atoms with Crippen molar-refractivity contribution in [3.8, 4) is 6.07 Å². The van der Waals surface area contributed by atoms with Crippen LogP contribution in [0.25, 0.3) is 0 Å². The number of hydrogen-bond acceptors (Lipinski definition) is 3. The summed E-state index contributed by atoms with van der Waals surface area (Å²) in [5, 5.41) is 12.4. The predicted molar refractivity (Wildman–Crippen MR) is 75.4 cm³/mol. The minimum Gasteiger partial charge on any atom is -0.383 e. The average molecular weight is 274 g/mol. The summed E-state index contributed by atoms with van der Waals surface area (Å²) in [6, 6.07) is 12.2. The summed E-state index contributed by atoms with van der Waals surface area (Å²) in [5.41, 5.74) is 1.25. The molecule has 0 aliphatic rings. The van der Waals surface area contributed by atoms with Crippen LogP contribution in [0.2, 0.25) is 5.02 Å². The summed E-state index contributed by atoms with van der Waals surface area (Å²) >= 11 is 5.93. The van der Waals surface area contributed by atoms with E-state index in [0.29, 0.717) is 23.7 Å². The van der Waals surface area contributed by atoms with E-state index in [-0.39, 0.29) is 5.56 Å². The molecule has 0 bridgehead atoms. The van der Waals surface area contributed by atoms with Crippen molar-refractivity contribution < 1.29 is 0 Å². The normalized spacial score (nSPS) is 9.89. The Hall–Kier alpha value is -2.25. The molecule has 1 aromatic heterocycles. The minimum absolute atomic E-state index is 0.0258. The van der Waals surface area contributed by atoms with Crippen LogP contribution < -0.4 is 10.9 Å². The molecule has 0 atom stereocenters. The number of rotatable bonds is 4. The van der Waals surface area contributed by atoms with Gasteiger partial charge in [-0.05, 0) is 24.3 Å². The van der Waals surface area contributed by atoms with E-state index >= 15 is 0 Å². The van der Waals surface area contributed by atoms with Gasteiger partial charge in [0, 0.05) is 31.0 Å². The standard InChI is InChI=1S/C14H12ClN3O/c15-13-9-12(5-4-11(13)10-16)17-6-8-18-7-2-1-3-14(18)19/h1-5,7,9,17H,6,8H2. The zero-order chi connectivity index (χ0) is 13.7. The Kier molecular flexibility index (Phi) is 4.22. The second-order valence-corrected chi connectivity index (χ2v) is 4.37. The van der Waals surface area contributed by atoms with E-state index in [1.54, 1.807) is 35.0 Å². The van der Waals surface area contributed by atoms with Gasteiger partial charge in [-0.3, -0.25) is 4.79 Å². The van der Waals surface area contributed by atoms with E-state index in [1.165, 1.54) is 6.07 Å². The first-order valence-electron chi connectivity index (χ1n) is 5.80. The smallest absolute Gasteiger partial charge is 0.250 e. The molecule has 96 valence electrons. The lowest BCUT2D eigenvalue weighted by Gasteiger charge is -2.08. The van der Waals surface area contributed by atoms with Crippen LogP contribution in [0.1, 0.15) is 5.56 Å². The summed E-state index contributed by atoms with van der Waals surface area (Å²) in [4.78, 5) is 11.5. The highest BCUT2D eigenvalue weighted by Crippen LogP contribution is 2.19. The number of pyridine rings is 1. The van der Waals surface area contributed by atoms with Crippen molar-refractivity contribution in [3.63, 3.8) is 0 Å². The van der Waals surface area contributed by atoms with Gasteiger partial charge in [0.25, 0.3) is 5.56 Å². The van der Waals surface area contributed by atoms with Gasteiger partial charge < -0.3 is 9.88 Å². The Labute approximate surface area is 115 Å². The number of anilines is 1. The van der Waals surface area contributed by atoms with Crippen molar-refractivity contribution in [2.24, 2.45) is 0 Å². The second-order valence-electron chi connectivity index (χ2n) is 3.97. The third-order valence-electron chi connectivity index (χ3n) is 2.67. The maximum Gasteiger partial charge on any atom is 0.250 e. The molecular formula is C14H12ClN3O. The van der Waals surface area contributed by atoms with Gasteiger partial charge in [-0.1, -0.05) is 17.7 Å². The topological polar surface area (TPSA) is 57.8 Å². The highest BCUT2D eigenvalue weighted by Gasteiger charge is 2.00. The molecule has 1 heterocycles. The quantitative estimate of drug-likeness (QED) is 0.931. The summed E-state index contributed by atoms with van der Waals surface area (Å²) in [5.74, 6) is 0. The largest absolute Gasteiger partial charge is 0.383 e. The molecule has 5 heteroatoms. The average Bonchev–Trinajstić information content (AvgIpc) is 2.41. The van der Waals surface area contributed by atoms with Gasteiger partial charge in [-0.15, -0.1) is 0 Å². The van der Waals surface area contributed by atoms with Crippen molar-refractivity contribution in [1.29, 1.82) is 5.26 Å². The van der Waals surface area contributed by atoms with E-state index in [2.05, 4.69) is 5.32 Å². The van der Waals surface area contributed by atoms with Gasteiger partial charge in [-0.2, -0.15) is 5.26 Å². The number of hydrogen-bond donors (Lipinski definition) is 1. The highest BCUT2D eigenvalue weighted by atomic mass is 35.5. The zero-order valence-corrected chi connectivity index (χ0v) is 10.9. The molecular weight excluding hydrogens is 262 g/mol. The monoisotopic (exact) mass is 273 g/mol. The number of benzene rings is 1. The summed E-state index contributed by atoms with van der Waals surface area (Å²) < 4.78 is 1.62. The van der Waals surface area contributed by atoms with Crippen molar-refractivity contribution >= 4 is 17.3 Å². The molecule has 2 aromatic rings. The fourth-order valence-corrected chi connectivity index (χ4v) is 1.90. The van der Waals surface area contributed by atoms with Crippen LogP contribution in [0.3, 0.4) is 0 Å². The van der Waals surface area contributed by atoms with Crippen molar-refractivity contribution in [2.75, 3.05) is 11.9 Å². The molecule has 0 unspecified atom stereocenters. The molecule has 19 heavy (non-hydrogen) atoms. The Morgan fingerprint density at radius 3 is 2.84 bits per heavy atom. The van der Waals surface area contributed by atoms with Gasteiger partial charge >= 0.3 is 0 Å². The molecule has 0 saturated carbocycles. The van der Waals surface area contributed by atoms with Gasteiger partial charge in [0.2, 0.25) is 0 Å². The zero-order valence-electron chi connectivity index (χ0n) is 10.1. The van der Waals surface area contributed by atoms with Gasteiger partial charge in [-0.25, -0.2) is 0 Å². The Bertz CT molecular complexity index is 673. The van der Waals surface area contributed by atoms with E-state index < -0.39 is 0 Å². The third kappa shape index (κ3) is 3.36. The molecule has 0 saturated heterocycles. The lowest BCUT2D eigenvalue weighted by atomic mass is 10.2. The Balaban J connectivity index is 1.97. The lowest BCUT2D eigenvalue weighted by molar-refractivity contribution is 0.697. The number of nitrogens with one attached hydrogen (secondary N) is 1. The number of nitrogens with zero attached hydrogens (tertiary/aromatic N) is 2. The van der Waals surface area contributed by atoms with Gasteiger partial charge in [0.15, 0.2) is 0 Å². The number of nitriles is 1. The summed E-state index contributed by atoms with van der Waals surface area (Å²) in [6.45, 7) is 1.17. The van der Waals surface area contributed by atoms with Crippen LogP contribution >= 0.6 is 11.6 Å². The fraction of sp³-hybridized carbons (Fsp3) is 0.143. The molecule has 1 N–H and O–H groups in total. The van der Waals surface area contributed by atoms with Gasteiger partial charge in [0.1, 0.15) is 6.07 Å². The van der Waals surface area contributed by atoms with Crippen LogP contribution in [0.15, 0.2) is 47.4 Å². The van der Waals surface area contributed by atoms with Gasteiger partial charge in [0.05, 0.1) is 10.6 Å².